The van der Waals surface area contributed by atoms with E-state index >= 15 is 0 Å². The van der Waals surface area contributed by atoms with Crippen molar-refractivity contribution in [2.24, 2.45) is 0 Å². The van der Waals surface area contributed by atoms with Crippen molar-refractivity contribution in [1.82, 2.24) is 10.2 Å². The van der Waals surface area contributed by atoms with Gasteiger partial charge in [-0.05, 0) is 61.9 Å². The van der Waals surface area contributed by atoms with E-state index < -0.39 is 5.54 Å². The Kier molecular flexibility index (Phi) is 6.88. The van der Waals surface area contributed by atoms with Gasteiger partial charge in [-0.3, -0.25) is 14.5 Å². The minimum absolute atomic E-state index is 0.00374. The number of carbonyl (C=O) groups is 2. The lowest BCUT2D eigenvalue weighted by atomic mass is 9.80. The van der Waals surface area contributed by atoms with Crippen LogP contribution in [0.2, 0.25) is 10.0 Å². The Labute approximate surface area is 211 Å². The minimum atomic E-state index is -1.01. The molecule has 2 saturated carbocycles. The number of amides is 2. The molecule has 1 atom stereocenters. The fourth-order valence-electron chi connectivity index (χ4n) is 5.78. The van der Waals surface area contributed by atoms with Crippen molar-refractivity contribution < 1.29 is 9.59 Å². The van der Waals surface area contributed by atoms with E-state index in [1.807, 2.05) is 42.5 Å². The summed E-state index contributed by atoms with van der Waals surface area (Å²) in [6.45, 7) is 0.192. The number of nitrogens with zero attached hydrogens (tertiary/aromatic N) is 1. The number of anilines is 1. The number of rotatable bonds is 7. The summed E-state index contributed by atoms with van der Waals surface area (Å²) in [7, 11) is 0. The molecular weight excluding hydrogens is 469 g/mol. The predicted octanol–water partition coefficient (Wildman–Crippen LogP) is 5.69. The molecule has 0 aromatic heterocycles. The molecule has 2 aromatic carbocycles. The van der Waals surface area contributed by atoms with Crippen molar-refractivity contribution in [1.29, 1.82) is 0 Å². The quantitative estimate of drug-likeness (QED) is 0.514. The summed E-state index contributed by atoms with van der Waals surface area (Å²) in [5.41, 5.74) is 1.55. The smallest absolute Gasteiger partial charge is 0.249 e. The maximum atomic E-state index is 13.9. The second kappa shape index (κ2) is 9.88. The molecule has 2 N–H and O–H groups in total. The monoisotopic (exact) mass is 499 g/mol. The van der Waals surface area contributed by atoms with E-state index in [0.717, 1.165) is 61.8 Å². The van der Waals surface area contributed by atoms with Gasteiger partial charge < -0.3 is 10.6 Å². The van der Waals surface area contributed by atoms with E-state index in [1.165, 1.54) is 6.42 Å². The van der Waals surface area contributed by atoms with Crippen LogP contribution in [0, 0.1) is 0 Å². The molecule has 2 amide bonds. The Hall–Kier alpha value is -2.08. The van der Waals surface area contributed by atoms with Crippen LogP contribution >= 0.6 is 23.2 Å². The molecular formula is C27H31Cl2N3O2. The first-order valence-corrected chi connectivity index (χ1v) is 13.1. The lowest BCUT2D eigenvalue weighted by molar-refractivity contribution is -0.135. The summed E-state index contributed by atoms with van der Waals surface area (Å²) in [5.74, 6) is -0.109. The molecule has 0 spiro atoms. The minimum Gasteiger partial charge on any atom is -0.352 e. The van der Waals surface area contributed by atoms with Crippen molar-refractivity contribution in [3.8, 4) is 0 Å². The van der Waals surface area contributed by atoms with Crippen LogP contribution in [0.5, 0.6) is 0 Å². The second-order valence-electron chi connectivity index (χ2n) is 9.93. The number of hydrogen-bond acceptors (Lipinski definition) is 3. The van der Waals surface area contributed by atoms with E-state index in [4.69, 9.17) is 23.2 Å². The molecule has 5 rings (SSSR count). The number of carbonyl (C=O) groups excluding carboxylic acids is 2. The highest BCUT2D eigenvalue weighted by atomic mass is 35.5. The van der Waals surface area contributed by atoms with Crippen LogP contribution in [-0.2, 0) is 21.5 Å². The Bertz CT molecular complexity index is 1080. The molecule has 0 bridgehead atoms. The highest BCUT2D eigenvalue weighted by Gasteiger charge is 2.53. The van der Waals surface area contributed by atoms with Crippen molar-refractivity contribution in [3.63, 3.8) is 0 Å². The molecule has 3 aliphatic rings. The zero-order valence-electron chi connectivity index (χ0n) is 19.3. The van der Waals surface area contributed by atoms with Crippen LogP contribution < -0.4 is 10.6 Å². The van der Waals surface area contributed by atoms with Gasteiger partial charge in [0.25, 0.3) is 0 Å². The zero-order chi connectivity index (χ0) is 23.7. The first-order valence-electron chi connectivity index (χ1n) is 12.4. The second-order valence-corrected chi connectivity index (χ2v) is 10.8. The fourth-order valence-corrected chi connectivity index (χ4v) is 6.17. The van der Waals surface area contributed by atoms with Crippen molar-refractivity contribution >= 4 is 40.7 Å². The molecule has 2 aliphatic carbocycles. The van der Waals surface area contributed by atoms with Gasteiger partial charge in [0, 0.05) is 39.8 Å². The molecule has 0 radical (unpaired) electrons. The number of hydrogen-bond donors (Lipinski definition) is 2. The predicted molar refractivity (Wildman–Crippen MR) is 136 cm³/mol. The molecule has 2 aromatic rings. The van der Waals surface area contributed by atoms with E-state index in [0.29, 0.717) is 16.5 Å². The molecule has 5 nitrogen and oxygen atoms in total. The third-order valence-electron chi connectivity index (χ3n) is 7.69. The maximum absolute atomic E-state index is 13.9. The van der Waals surface area contributed by atoms with Crippen LogP contribution in [-0.4, -0.2) is 35.3 Å². The van der Waals surface area contributed by atoms with Crippen molar-refractivity contribution in [3.05, 3.63) is 63.6 Å². The fraction of sp³-hybridized carbons (Fsp3) is 0.481. The summed E-state index contributed by atoms with van der Waals surface area (Å²) in [5, 5.41) is 7.49. The first kappa shape index (κ1) is 23.7. The molecule has 7 heteroatoms. The van der Waals surface area contributed by atoms with Crippen LogP contribution in [0.1, 0.15) is 62.5 Å². The Morgan fingerprint density at radius 1 is 1.00 bits per heavy atom. The van der Waals surface area contributed by atoms with Crippen molar-refractivity contribution in [2.45, 2.75) is 75.4 Å². The molecule has 34 heavy (non-hydrogen) atoms. The van der Waals surface area contributed by atoms with Gasteiger partial charge in [0.1, 0.15) is 5.54 Å². The highest BCUT2D eigenvalue weighted by molar-refractivity contribution is 6.31. The van der Waals surface area contributed by atoms with Gasteiger partial charge in [-0.1, -0.05) is 60.7 Å². The SMILES string of the molecule is O=C(CN(C1CCCCC1)C1(Cc2cccc(Cl)c2)C(=O)Nc2cc(Cl)ccc21)NC1CCC1. The third-order valence-corrected chi connectivity index (χ3v) is 8.16. The molecule has 1 aliphatic heterocycles. The van der Waals surface area contributed by atoms with Crippen molar-refractivity contribution in [2.75, 3.05) is 11.9 Å². The van der Waals surface area contributed by atoms with Gasteiger partial charge >= 0.3 is 0 Å². The van der Waals surface area contributed by atoms with Crippen LogP contribution in [0.15, 0.2) is 42.5 Å². The third kappa shape index (κ3) is 4.58. The van der Waals surface area contributed by atoms with E-state index in [2.05, 4.69) is 15.5 Å². The van der Waals surface area contributed by atoms with E-state index in [-0.39, 0.29) is 30.4 Å². The van der Waals surface area contributed by atoms with Gasteiger partial charge in [-0.25, -0.2) is 0 Å². The standard InChI is InChI=1S/C27H31Cl2N3O2/c28-19-7-4-6-18(14-19)16-27(23-13-12-20(29)15-24(23)31-26(27)34)32(22-10-2-1-3-11-22)17-25(33)30-21-8-5-9-21/h4,6-7,12-15,21-22H,1-3,5,8-11,16-17H2,(H,30,33)(H,31,34). The highest BCUT2D eigenvalue weighted by Crippen LogP contribution is 2.46. The zero-order valence-corrected chi connectivity index (χ0v) is 20.8. The molecule has 0 saturated heterocycles. The average Bonchev–Trinajstić information content (AvgIpc) is 3.06. The number of nitrogens with one attached hydrogen (secondary N) is 2. The number of halogens is 2. The van der Waals surface area contributed by atoms with E-state index in [1.54, 1.807) is 0 Å². The van der Waals surface area contributed by atoms with Gasteiger partial charge in [-0.2, -0.15) is 0 Å². The molecule has 1 heterocycles. The lowest BCUT2D eigenvalue weighted by Crippen LogP contribution is -2.60. The number of benzene rings is 2. The first-order chi connectivity index (χ1) is 16.5. The Balaban J connectivity index is 1.59. The van der Waals surface area contributed by atoms with Crippen LogP contribution in [0.4, 0.5) is 5.69 Å². The maximum Gasteiger partial charge on any atom is 0.249 e. The summed E-state index contributed by atoms with van der Waals surface area (Å²) in [4.78, 5) is 29.4. The summed E-state index contributed by atoms with van der Waals surface area (Å²) < 4.78 is 0. The molecule has 1 unspecified atom stereocenters. The molecule has 180 valence electrons. The number of fused-ring (bicyclic) bond motifs is 1. The summed E-state index contributed by atoms with van der Waals surface area (Å²) >= 11 is 12.6. The Morgan fingerprint density at radius 3 is 2.47 bits per heavy atom. The topological polar surface area (TPSA) is 61.4 Å². The Morgan fingerprint density at radius 2 is 1.76 bits per heavy atom. The van der Waals surface area contributed by atoms with Crippen LogP contribution in [0.3, 0.4) is 0 Å². The van der Waals surface area contributed by atoms with Gasteiger partial charge in [0.2, 0.25) is 11.8 Å². The molecule has 2 fully saturated rings. The normalized spacial score (nSPS) is 22.9. The van der Waals surface area contributed by atoms with Gasteiger partial charge in [0.05, 0.1) is 6.54 Å². The summed E-state index contributed by atoms with van der Waals surface area (Å²) in [6, 6.07) is 13.7. The van der Waals surface area contributed by atoms with Crippen LogP contribution in [0.25, 0.3) is 0 Å². The van der Waals surface area contributed by atoms with Gasteiger partial charge in [-0.15, -0.1) is 0 Å². The largest absolute Gasteiger partial charge is 0.352 e. The lowest BCUT2D eigenvalue weighted by Gasteiger charge is -2.46. The summed E-state index contributed by atoms with van der Waals surface area (Å²) in [6.07, 6.45) is 9.01. The van der Waals surface area contributed by atoms with Gasteiger partial charge in [0.15, 0.2) is 0 Å². The average molecular weight is 500 g/mol. The van der Waals surface area contributed by atoms with E-state index in [9.17, 15) is 9.59 Å².